The minimum atomic E-state index is 0.102. The second-order valence-corrected chi connectivity index (χ2v) is 6.45. The molecule has 2 aromatic carbocycles. The Morgan fingerprint density at radius 1 is 1.09 bits per heavy atom. The van der Waals surface area contributed by atoms with Gasteiger partial charge in [-0.05, 0) is 24.2 Å². The van der Waals surface area contributed by atoms with Crippen molar-refractivity contribution in [2.75, 3.05) is 26.7 Å². The Kier molecular flexibility index (Phi) is 4.99. The summed E-state index contributed by atoms with van der Waals surface area (Å²) in [6, 6.07) is 17.9. The van der Waals surface area contributed by atoms with Crippen LogP contribution in [0.2, 0.25) is 5.02 Å². The Morgan fingerprint density at radius 2 is 1.78 bits per heavy atom. The van der Waals surface area contributed by atoms with E-state index in [4.69, 9.17) is 11.6 Å². The standard InChI is InChI=1S/C19H21ClN2O/c1-21-11-12-22(18(14-21)15-7-3-2-4-8-15)19(23)13-16-9-5-6-10-17(16)20/h2-10,18H,11-14H2,1H3. The van der Waals surface area contributed by atoms with E-state index in [0.717, 1.165) is 25.2 Å². The first-order valence-electron chi connectivity index (χ1n) is 7.91. The summed E-state index contributed by atoms with van der Waals surface area (Å²) in [6.07, 6.45) is 0.354. The van der Waals surface area contributed by atoms with E-state index in [-0.39, 0.29) is 11.9 Å². The molecular formula is C19H21ClN2O. The van der Waals surface area contributed by atoms with Crippen LogP contribution in [-0.2, 0) is 11.2 Å². The quantitative estimate of drug-likeness (QED) is 0.862. The lowest BCUT2D eigenvalue weighted by atomic mass is 10.0. The fraction of sp³-hybridized carbons (Fsp3) is 0.316. The van der Waals surface area contributed by atoms with Gasteiger partial charge in [0.05, 0.1) is 12.5 Å². The van der Waals surface area contributed by atoms with Crippen molar-refractivity contribution in [3.05, 3.63) is 70.7 Å². The SMILES string of the molecule is CN1CCN(C(=O)Cc2ccccc2Cl)C(c2ccccc2)C1. The summed E-state index contributed by atoms with van der Waals surface area (Å²) < 4.78 is 0. The smallest absolute Gasteiger partial charge is 0.227 e. The first-order valence-corrected chi connectivity index (χ1v) is 8.29. The predicted molar refractivity (Wildman–Crippen MR) is 93.5 cm³/mol. The molecule has 3 rings (SSSR count). The van der Waals surface area contributed by atoms with E-state index in [1.54, 1.807) is 0 Å². The van der Waals surface area contributed by atoms with Crippen molar-refractivity contribution in [2.45, 2.75) is 12.5 Å². The third-order valence-corrected chi connectivity index (χ3v) is 4.76. The van der Waals surface area contributed by atoms with Crippen molar-refractivity contribution in [1.82, 2.24) is 9.80 Å². The molecule has 120 valence electrons. The third-order valence-electron chi connectivity index (χ3n) is 4.39. The van der Waals surface area contributed by atoms with Gasteiger partial charge < -0.3 is 9.80 Å². The van der Waals surface area contributed by atoms with Crippen molar-refractivity contribution >= 4 is 17.5 Å². The number of halogens is 1. The van der Waals surface area contributed by atoms with Gasteiger partial charge in [-0.1, -0.05) is 60.1 Å². The maximum absolute atomic E-state index is 12.9. The topological polar surface area (TPSA) is 23.6 Å². The minimum Gasteiger partial charge on any atom is -0.333 e. The molecule has 2 aromatic rings. The molecule has 1 unspecified atom stereocenters. The van der Waals surface area contributed by atoms with Crippen molar-refractivity contribution < 1.29 is 4.79 Å². The zero-order chi connectivity index (χ0) is 16.2. The zero-order valence-electron chi connectivity index (χ0n) is 13.3. The Balaban J connectivity index is 1.81. The number of rotatable bonds is 3. The van der Waals surface area contributed by atoms with E-state index in [0.29, 0.717) is 11.4 Å². The van der Waals surface area contributed by atoms with Crippen LogP contribution < -0.4 is 0 Å². The van der Waals surface area contributed by atoms with E-state index in [9.17, 15) is 4.79 Å². The highest BCUT2D eigenvalue weighted by Crippen LogP contribution is 2.26. The average Bonchev–Trinajstić information content (AvgIpc) is 2.57. The first-order chi connectivity index (χ1) is 11.1. The van der Waals surface area contributed by atoms with Crippen LogP contribution in [0.4, 0.5) is 0 Å². The number of carbonyl (C=O) groups is 1. The van der Waals surface area contributed by atoms with Crippen molar-refractivity contribution in [3.63, 3.8) is 0 Å². The van der Waals surface area contributed by atoms with Crippen LogP contribution >= 0.6 is 11.6 Å². The van der Waals surface area contributed by atoms with Crippen LogP contribution in [0.15, 0.2) is 54.6 Å². The third kappa shape index (κ3) is 3.74. The zero-order valence-corrected chi connectivity index (χ0v) is 14.0. The second-order valence-electron chi connectivity index (χ2n) is 6.04. The summed E-state index contributed by atoms with van der Waals surface area (Å²) in [4.78, 5) is 17.1. The molecule has 1 aliphatic rings. The molecule has 0 saturated carbocycles. The number of hydrogen-bond acceptors (Lipinski definition) is 2. The molecule has 0 aromatic heterocycles. The summed E-state index contributed by atoms with van der Waals surface area (Å²) in [6.45, 7) is 2.51. The molecule has 1 atom stereocenters. The number of nitrogens with zero attached hydrogens (tertiary/aromatic N) is 2. The lowest BCUT2D eigenvalue weighted by Gasteiger charge is -2.40. The molecule has 0 aliphatic carbocycles. The normalized spacial score (nSPS) is 18.9. The molecule has 1 aliphatic heterocycles. The fourth-order valence-electron chi connectivity index (χ4n) is 3.08. The molecule has 1 saturated heterocycles. The lowest BCUT2D eigenvalue weighted by molar-refractivity contribution is -0.135. The number of likely N-dealkylation sites (N-methyl/N-ethyl adjacent to an activating group) is 1. The van der Waals surface area contributed by atoms with Gasteiger partial charge in [-0.2, -0.15) is 0 Å². The van der Waals surface area contributed by atoms with Crippen LogP contribution in [0.5, 0.6) is 0 Å². The summed E-state index contributed by atoms with van der Waals surface area (Å²) in [7, 11) is 2.10. The van der Waals surface area contributed by atoms with Gasteiger partial charge in [-0.3, -0.25) is 4.79 Å². The van der Waals surface area contributed by atoms with Crippen LogP contribution in [0.3, 0.4) is 0 Å². The monoisotopic (exact) mass is 328 g/mol. The molecule has 1 heterocycles. The Labute approximate surface area is 142 Å². The van der Waals surface area contributed by atoms with E-state index in [2.05, 4.69) is 24.1 Å². The number of amides is 1. The van der Waals surface area contributed by atoms with Gasteiger partial charge in [0.15, 0.2) is 0 Å². The van der Waals surface area contributed by atoms with Gasteiger partial charge in [0.25, 0.3) is 0 Å². The van der Waals surface area contributed by atoms with Crippen molar-refractivity contribution in [1.29, 1.82) is 0 Å². The predicted octanol–water partition coefficient (Wildman–Crippen LogP) is 3.40. The van der Waals surface area contributed by atoms with E-state index < -0.39 is 0 Å². The van der Waals surface area contributed by atoms with Crippen molar-refractivity contribution in [2.24, 2.45) is 0 Å². The largest absolute Gasteiger partial charge is 0.333 e. The summed E-state index contributed by atoms with van der Waals surface area (Å²) in [5, 5.41) is 0.659. The highest BCUT2D eigenvalue weighted by molar-refractivity contribution is 6.31. The van der Waals surface area contributed by atoms with Crippen LogP contribution in [0.1, 0.15) is 17.2 Å². The van der Waals surface area contributed by atoms with E-state index in [1.807, 2.05) is 47.4 Å². The van der Waals surface area contributed by atoms with Gasteiger partial charge in [-0.25, -0.2) is 0 Å². The summed E-state index contributed by atoms with van der Waals surface area (Å²) >= 11 is 6.20. The van der Waals surface area contributed by atoms with Gasteiger partial charge in [0.2, 0.25) is 5.91 Å². The molecule has 0 N–H and O–H groups in total. The molecule has 1 amide bonds. The lowest BCUT2D eigenvalue weighted by Crippen LogP contribution is -2.49. The van der Waals surface area contributed by atoms with E-state index >= 15 is 0 Å². The maximum atomic E-state index is 12.9. The minimum absolute atomic E-state index is 0.102. The number of benzene rings is 2. The van der Waals surface area contributed by atoms with Crippen LogP contribution in [0.25, 0.3) is 0 Å². The van der Waals surface area contributed by atoms with Crippen LogP contribution in [-0.4, -0.2) is 42.4 Å². The van der Waals surface area contributed by atoms with Gasteiger partial charge >= 0.3 is 0 Å². The van der Waals surface area contributed by atoms with Gasteiger partial charge in [-0.15, -0.1) is 0 Å². The average molecular weight is 329 g/mol. The van der Waals surface area contributed by atoms with Gasteiger partial charge in [0.1, 0.15) is 0 Å². The molecule has 0 spiro atoms. The van der Waals surface area contributed by atoms with Crippen molar-refractivity contribution in [3.8, 4) is 0 Å². The number of hydrogen-bond donors (Lipinski definition) is 0. The molecule has 0 radical (unpaired) electrons. The van der Waals surface area contributed by atoms with Gasteiger partial charge in [0, 0.05) is 24.7 Å². The molecule has 4 heteroatoms. The molecule has 1 fully saturated rings. The molecular weight excluding hydrogens is 308 g/mol. The second kappa shape index (κ2) is 7.16. The number of piperazine rings is 1. The Morgan fingerprint density at radius 3 is 2.52 bits per heavy atom. The Hall–Kier alpha value is -1.84. The molecule has 23 heavy (non-hydrogen) atoms. The highest BCUT2D eigenvalue weighted by Gasteiger charge is 2.30. The summed E-state index contributed by atoms with van der Waals surface area (Å²) in [5.74, 6) is 0.139. The highest BCUT2D eigenvalue weighted by atomic mass is 35.5. The van der Waals surface area contributed by atoms with Crippen LogP contribution in [0, 0.1) is 0 Å². The fourth-order valence-corrected chi connectivity index (χ4v) is 3.29. The summed E-state index contributed by atoms with van der Waals surface area (Å²) in [5.41, 5.74) is 2.08. The van der Waals surface area contributed by atoms with E-state index in [1.165, 1.54) is 5.56 Å². The molecule has 0 bridgehead atoms. The number of carbonyl (C=O) groups excluding carboxylic acids is 1. The first kappa shape index (κ1) is 16.0. The Bertz CT molecular complexity index is 674. The molecule has 3 nitrogen and oxygen atoms in total. The maximum Gasteiger partial charge on any atom is 0.227 e.